The molecule has 3 aromatic rings. The quantitative estimate of drug-likeness (QED) is 0.766. The summed E-state index contributed by atoms with van der Waals surface area (Å²) in [6, 6.07) is 6.93. The van der Waals surface area contributed by atoms with Crippen LogP contribution in [0.4, 0.5) is 5.69 Å². The average molecular weight is 301 g/mol. The number of hydrogen-bond acceptors (Lipinski definition) is 4. The van der Waals surface area contributed by atoms with E-state index in [0.717, 1.165) is 0 Å². The van der Waals surface area contributed by atoms with Gasteiger partial charge in [-0.15, -0.1) is 0 Å². The Labute approximate surface area is 120 Å². The van der Waals surface area contributed by atoms with Crippen molar-refractivity contribution in [2.45, 2.75) is 5.03 Å². The van der Waals surface area contributed by atoms with Crippen molar-refractivity contribution in [2.75, 3.05) is 4.72 Å². The summed E-state index contributed by atoms with van der Waals surface area (Å²) in [7, 11) is -2.07. The molecule has 0 aliphatic rings. The highest BCUT2D eigenvalue weighted by molar-refractivity contribution is 7.92. The number of aromatic amines is 1. The molecule has 2 N–H and O–H groups in total. The fraction of sp³-hybridized carbons (Fsp3) is 0.0769. The van der Waals surface area contributed by atoms with E-state index in [-0.39, 0.29) is 5.03 Å². The van der Waals surface area contributed by atoms with Gasteiger partial charge >= 0.3 is 0 Å². The van der Waals surface area contributed by atoms with Gasteiger partial charge < -0.3 is 9.55 Å². The first kappa shape index (κ1) is 13.2. The van der Waals surface area contributed by atoms with E-state index < -0.39 is 10.0 Å². The molecule has 0 aliphatic heterocycles. The smallest absolute Gasteiger partial charge is 0.281 e. The normalized spacial score (nSPS) is 11.4. The zero-order valence-corrected chi connectivity index (χ0v) is 11.8. The van der Waals surface area contributed by atoms with Crippen LogP contribution in [0.25, 0.3) is 10.9 Å². The Balaban J connectivity index is 2.07. The number of imidazole rings is 1. The highest BCUT2D eigenvalue weighted by atomic mass is 32.2. The zero-order chi connectivity index (χ0) is 15.0. The number of fused-ring (bicyclic) bond motifs is 1. The number of H-pyrrole nitrogens is 1. The predicted molar refractivity (Wildman–Crippen MR) is 77.0 cm³/mol. The number of nitrogens with one attached hydrogen (secondary N) is 2. The Kier molecular flexibility index (Phi) is 2.92. The van der Waals surface area contributed by atoms with Gasteiger partial charge in [0, 0.05) is 24.8 Å². The van der Waals surface area contributed by atoms with Crippen LogP contribution in [-0.2, 0) is 17.1 Å². The molecular formula is C13H11N5O2S. The number of aromatic nitrogens is 3. The molecule has 1 aromatic carbocycles. The summed E-state index contributed by atoms with van der Waals surface area (Å²) in [5.74, 6) is 0. The van der Waals surface area contributed by atoms with Gasteiger partial charge in [0.1, 0.15) is 0 Å². The molecule has 21 heavy (non-hydrogen) atoms. The van der Waals surface area contributed by atoms with E-state index in [2.05, 4.69) is 20.8 Å². The molecule has 3 rings (SSSR count). The minimum atomic E-state index is -3.77. The number of nitriles is 1. The van der Waals surface area contributed by atoms with E-state index in [1.54, 1.807) is 36.0 Å². The van der Waals surface area contributed by atoms with Crippen molar-refractivity contribution >= 4 is 26.6 Å². The Morgan fingerprint density at radius 3 is 2.86 bits per heavy atom. The third-order valence-electron chi connectivity index (χ3n) is 3.04. The second-order valence-electron chi connectivity index (χ2n) is 4.52. The summed E-state index contributed by atoms with van der Waals surface area (Å²) in [6.45, 7) is 0. The van der Waals surface area contributed by atoms with Gasteiger partial charge in [-0.3, -0.25) is 4.72 Å². The maximum atomic E-state index is 12.3. The van der Waals surface area contributed by atoms with Crippen LogP contribution in [-0.4, -0.2) is 23.0 Å². The molecule has 2 heterocycles. The fourth-order valence-corrected chi connectivity index (χ4v) is 3.12. The lowest BCUT2D eigenvalue weighted by molar-refractivity contribution is 0.598. The molecule has 2 aromatic heterocycles. The Bertz CT molecular complexity index is 962. The molecule has 106 valence electrons. The Hall–Kier alpha value is -2.79. The van der Waals surface area contributed by atoms with E-state index >= 15 is 0 Å². The number of benzene rings is 1. The first-order valence-electron chi connectivity index (χ1n) is 6.02. The maximum absolute atomic E-state index is 12.3. The average Bonchev–Trinajstić information content (AvgIpc) is 3.08. The molecule has 8 heteroatoms. The lowest BCUT2D eigenvalue weighted by atomic mass is 10.1. The number of anilines is 1. The topological polar surface area (TPSA) is 104 Å². The molecule has 0 aliphatic carbocycles. The molecule has 0 bridgehead atoms. The predicted octanol–water partition coefficient (Wildman–Crippen LogP) is 1.57. The van der Waals surface area contributed by atoms with Gasteiger partial charge in [0.2, 0.25) is 0 Å². The summed E-state index contributed by atoms with van der Waals surface area (Å²) in [4.78, 5) is 6.77. The lowest BCUT2D eigenvalue weighted by Gasteiger charge is -2.07. The van der Waals surface area contributed by atoms with Crippen LogP contribution in [0.2, 0.25) is 0 Å². The Morgan fingerprint density at radius 1 is 1.38 bits per heavy atom. The first-order valence-corrected chi connectivity index (χ1v) is 7.50. The summed E-state index contributed by atoms with van der Waals surface area (Å²) in [5, 5.41) is 9.65. The van der Waals surface area contributed by atoms with Crippen molar-refractivity contribution in [2.24, 2.45) is 7.05 Å². The molecule has 0 fully saturated rings. The number of nitrogens with zero attached hydrogens (tertiary/aromatic N) is 3. The van der Waals surface area contributed by atoms with Crippen LogP contribution in [0.1, 0.15) is 5.56 Å². The minimum absolute atomic E-state index is 0.0611. The summed E-state index contributed by atoms with van der Waals surface area (Å²) >= 11 is 0. The van der Waals surface area contributed by atoms with Gasteiger partial charge in [-0.1, -0.05) is 0 Å². The largest absolute Gasteiger partial charge is 0.359 e. The summed E-state index contributed by atoms with van der Waals surface area (Å²) in [5.41, 5.74) is 1.42. The van der Waals surface area contributed by atoms with E-state index in [0.29, 0.717) is 22.2 Å². The van der Waals surface area contributed by atoms with E-state index in [9.17, 15) is 8.42 Å². The number of hydrogen-bond donors (Lipinski definition) is 2. The van der Waals surface area contributed by atoms with Gasteiger partial charge in [0.25, 0.3) is 10.0 Å². The molecule has 0 saturated carbocycles. The van der Waals surface area contributed by atoms with Crippen molar-refractivity contribution in [3.05, 3.63) is 42.5 Å². The van der Waals surface area contributed by atoms with Gasteiger partial charge in [0.05, 0.1) is 29.2 Å². The van der Waals surface area contributed by atoms with Crippen LogP contribution in [0.15, 0.2) is 41.9 Å². The molecule has 7 nitrogen and oxygen atoms in total. The second-order valence-corrected chi connectivity index (χ2v) is 6.15. The summed E-state index contributed by atoms with van der Waals surface area (Å²) in [6.07, 6.45) is 4.49. The highest BCUT2D eigenvalue weighted by Crippen LogP contribution is 2.26. The van der Waals surface area contributed by atoms with Crippen molar-refractivity contribution in [1.29, 1.82) is 5.26 Å². The minimum Gasteiger partial charge on any atom is -0.359 e. The van der Waals surface area contributed by atoms with Crippen molar-refractivity contribution in [3.63, 3.8) is 0 Å². The van der Waals surface area contributed by atoms with E-state index in [1.807, 2.05) is 0 Å². The SMILES string of the molecule is Cn1cnc(S(=O)(=O)Nc2ccc(C#N)c3cc[nH]c23)c1. The van der Waals surface area contributed by atoms with Gasteiger partial charge in [-0.05, 0) is 18.2 Å². The standard InChI is InChI=1S/C13H11N5O2S/c1-18-7-12(16-8-18)21(19,20)17-11-3-2-9(6-14)10-4-5-15-13(10)11/h2-5,7-8,15,17H,1H3. The van der Waals surface area contributed by atoms with Gasteiger partial charge in [-0.25, -0.2) is 4.98 Å². The van der Waals surface area contributed by atoms with Gasteiger partial charge in [0.15, 0.2) is 5.03 Å². The van der Waals surface area contributed by atoms with Crippen molar-refractivity contribution < 1.29 is 8.42 Å². The van der Waals surface area contributed by atoms with Gasteiger partial charge in [-0.2, -0.15) is 13.7 Å². The molecule has 0 unspecified atom stereocenters. The molecule has 0 radical (unpaired) electrons. The van der Waals surface area contributed by atoms with Crippen molar-refractivity contribution in [3.8, 4) is 6.07 Å². The summed E-state index contributed by atoms with van der Waals surface area (Å²) < 4.78 is 28.6. The van der Waals surface area contributed by atoms with Crippen LogP contribution >= 0.6 is 0 Å². The van der Waals surface area contributed by atoms with Crippen LogP contribution in [0.3, 0.4) is 0 Å². The van der Waals surface area contributed by atoms with Crippen LogP contribution in [0, 0.1) is 11.3 Å². The lowest BCUT2D eigenvalue weighted by Crippen LogP contribution is -2.13. The number of aryl methyl sites for hydroxylation is 1. The maximum Gasteiger partial charge on any atom is 0.281 e. The molecular weight excluding hydrogens is 290 g/mol. The third kappa shape index (κ3) is 2.23. The molecule has 0 saturated heterocycles. The van der Waals surface area contributed by atoms with E-state index in [1.165, 1.54) is 12.5 Å². The molecule has 0 amide bonds. The fourth-order valence-electron chi connectivity index (χ4n) is 2.06. The Morgan fingerprint density at radius 2 is 2.19 bits per heavy atom. The number of sulfonamides is 1. The number of rotatable bonds is 3. The van der Waals surface area contributed by atoms with Crippen molar-refractivity contribution in [1.82, 2.24) is 14.5 Å². The van der Waals surface area contributed by atoms with Crippen LogP contribution in [0.5, 0.6) is 0 Å². The second kappa shape index (κ2) is 4.64. The monoisotopic (exact) mass is 301 g/mol. The first-order chi connectivity index (χ1) is 10.0. The third-order valence-corrected chi connectivity index (χ3v) is 4.29. The van der Waals surface area contributed by atoms with E-state index in [4.69, 9.17) is 5.26 Å². The zero-order valence-electron chi connectivity index (χ0n) is 11.0. The van der Waals surface area contributed by atoms with Crippen LogP contribution < -0.4 is 4.72 Å². The molecule has 0 atom stereocenters. The highest BCUT2D eigenvalue weighted by Gasteiger charge is 2.19. The molecule has 0 spiro atoms.